The molecule has 1 aliphatic heterocycles. The molecule has 0 unspecified atom stereocenters. The summed E-state index contributed by atoms with van der Waals surface area (Å²) in [5.41, 5.74) is 2.56. The van der Waals surface area contributed by atoms with Crippen LogP contribution in [0.5, 0.6) is 0 Å². The van der Waals surface area contributed by atoms with Gasteiger partial charge in [0.15, 0.2) is 5.82 Å². The van der Waals surface area contributed by atoms with Crippen molar-refractivity contribution >= 4 is 5.91 Å². The van der Waals surface area contributed by atoms with E-state index in [1.54, 1.807) is 0 Å². The van der Waals surface area contributed by atoms with E-state index in [4.69, 9.17) is 4.52 Å². The van der Waals surface area contributed by atoms with Gasteiger partial charge in [-0.15, -0.1) is 0 Å². The van der Waals surface area contributed by atoms with E-state index in [1.165, 1.54) is 0 Å². The van der Waals surface area contributed by atoms with Crippen LogP contribution in [-0.4, -0.2) is 71.7 Å². The highest BCUT2D eigenvalue weighted by Gasteiger charge is 2.18. The molecular weight excluding hydrogens is 342 g/mol. The minimum Gasteiger partial charge on any atom is -0.360 e. The van der Waals surface area contributed by atoms with E-state index in [-0.39, 0.29) is 5.91 Å². The average Bonchev–Trinajstić information content (AvgIpc) is 3.18. The second kappa shape index (κ2) is 8.71. The fraction of sp³-hybridized carbons (Fsp3) is 0.600. The van der Waals surface area contributed by atoms with Gasteiger partial charge in [-0.2, -0.15) is 0 Å². The molecule has 3 rings (SSSR count). The van der Waals surface area contributed by atoms with Crippen molar-refractivity contribution in [1.82, 2.24) is 24.8 Å². The first-order chi connectivity index (χ1) is 13.0. The molecule has 0 spiro atoms. The first-order valence-corrected chi connectivity index (χ1v) is 9.77. The van der Waals surface area contributed by atoms with Crippen molar-refractivity contribution in [3.05, 3.63) is 34.8 Å². The normalized spacial score (nSPS) is 16.0. The third-order valence-electron chi connectivity index (χ3n) is 5.30. The van der Waals surface area contributed by atoms with E-state index in [0.717, 1.165) is 62.7 Å². The topological polar surface area (TPSA) is 66.5 Å². The summed E-state index contributed by atoms with van der Waals surface area (Å²) in [6.07, 6.45) is 2.11. The molecule has 7 nitrogen and oxygen atoms in total. The molecule has 0 radical (unpaired) electrons. The Balaban J connectivity index is 1.47. The number of piperazine rings is 1. The molecule has 0 bridgehead atoms. The number of hydrogen-bond donors (Lipinski definition) is 1. The minimum absolute atomic E-state index is 0.0193. The van der Waals surface area contributed by atoms with E-state index in [0.29, 0.717) is 17.9 Å². The highest BCUT2D eigenvalue weighted by atomic mass is 16.5. The van der Waals surface area contributed by atoms with Crippen molar-refractivity contribution in [3.63, 3.8) is 0 Å². The van der Waals surface area contributed by atoms with Gasteiger partial charge in [0.1, 0.15) is 5.76 Å². The van der Waals surface area contributed by atoms with E-state index < -0.39 is 0 Å². The molecule has 1 aliphatic rings. The second-order valence-corrected chi connectivity index (χ2v) is 7.52. The number of carbonyl (C=O) groups excluding carboxylic acids is 1. The Kier molecular flexibility index (Phi) is 6.34. The Morgan fingerprint density at radius 1 is 1.15 bits per heavy atom. The van der Waals surface area contributed by atoms with Crippen LogP contribution in [0.2, 0.25) is 0 Å². The van der Waals surface area contributed by atoms with Gasteiger partial charge in [-0.05, 0) is 53.3 Å². The molecule has 3 heterocycles. The number of carbonyl (C=O) groups is 1. The summed E-state index contributed by atoms with van der Waals surface area (Å²) in [6, 6.07) is 3.79. The summed E-state index contributed by atoms with van der Waals surface area (Å²) in [5, 5.41) is 7.12. The van der Waals surface area contributed by atoms with E-state index >= 15 is 0 Å². The molecule has 7 heteroatoms. The number of aromatic nitrogens is 2. The first-order valence-electron chi connectivity index (χ1n) is 9.77. The van der Waals surface area contributed by atoms with Crippen molar-refractivity contribution in [2.75, 3.05) is 46.3 Å². The highest BCUT2D eigenvalue weighted by Crippen LogP contribution is 2.20. The third-order valence-corrected chi connectivity index (χ3v) is 5.30. The molecule has 2 aromatic heterocycles. The zero-order valence-electron chi connectivity index (χ0n) is 16.9. The zero-order chi connectivity index (χ0) is 19.4. The maximum absolute atomic E-state index is 12.6. The number of hydrogen-bond acceptors (Lipinski definition) is 5. The SMILES string of the molecule is Cc1cc(-n2c(C)cc(C(=O)NCCCCN3CCN(C)CC3)c2C)no1. The van der Waals surface area contributed by atoms with Gasteiger partial charge >= 0.3 is 0 Å². The predicted octanol–water partition coefficient (Wildman–Crippen LogP) is 2.15. The monoisotopic (exact) mass is 373 g/mol. The molecule has 148 valence electrons. The second-order valence-electron chi connectivity index (χ2n) is 7.52. The van der Waals surface area contributed by atoms with Crippen molar-refractivity contribution < 1.29 is 9.32 Å². The van der Waals surface area contributed by atoms with E-state index in [2.05, 4.69) is 27.3 Å². The maximum atomic E-state index is 12.6. The Labute approximate surface area is 161 Å². The fourth-order valence-corrected chi connectivity index (χ4v) is 3.63. The summed E-state index contributed by atoms with van der Waals surface area (Å²) in [5.74, 6) is 1.45. The number of nitrogens with zero attached hydrogens (tertiary/aromatic N) is 4. The molecule has 1 amide bonds. The Morgan fingerprint density at radius 3 is 2.56 bits per heavy atom. The van der Waals surface area contributed by atoms with Crippen LogP contribution in [0.3, 0.4) is 0 Å². The number of nitrogens with one attached hydrogen (secondary N) is 1. The Bertz CT molecular complexity index is 771. The van der Waals surface area contributed by atoms with Crippen LogP contribution in [-0.2, 0) is 0 Å². The number of unbranched alkanes of at least 4 members (excludes halogenated alkanes) is 1. The lowest BCUT2D eigenvalue weighted by Crippen LogP contribution is -2.44. The molecule has 1 N–H and O–H groups in total. The molecule has 0 aliphatic carbocycles. The van der Waals surface area contributed by atoms with Crippen LogP contribution in [0.4, 0.5) is 0 Å². The van der Waals surface area contributed by atoms with Crippen LogP contribution in [0.25, 0.3) is 5.82 Å². The lowest BCUT2D eigenvalue weighted by molar-refractivity contribution is 0.0951. The molecule has 0 saturated carbocycles. The van der Waals surface area contributed by atoms with Gasteiger partial charge in [-0.25, -0.2) is 0 Å². The lowest BCUT2D eigenvalue weighted by Gasteiger charge is -2.32. The molecule has 27 heavy (non-hydrogen) atoms. The fourth-order valence-electron chi connectivity index (χ4n) is 3.63. The van der Waals surface area contributed by atoms with Gasteiger partial charge in [-0.3, -0.25) is 9.36 Å². The number of aryl methyl sites for hydroxylation is 2. The van der Waals surface area contributed by atoms with Crippen LogP contribution in [0.15, 0.2) is 16.7 Å². The zero-order valence-corrected chi connectivity index (χ0v) is 16.9. The van der Waals surface area contributed by atoms with Gasteiger partial charge in [0, 0.05) is 50.2 Å². The Morgan fingerprint density at radius 2 is 1.89 bits per heavy atom. The molecule has 1 fully saturated rings. The predicted molar refractivity (Wildman–Crippen MR) is 106 cm³/mol. The first kappa shape index (κ1) is 19.6. The number of likely N-dealkylation sites (N-methyl/N-ethyl adjacent to an activating group) is 1. The maximum Gasteiger partial charge on any atom is 0.253 e. The van der Waals surface area contributed by atoms with E-state index in [1.807, 2.05) is 37.5 Å². The smallest absolute Gasteiger partial charge is 0.253 e. The van der Waals surface area contributed by atoms with Crippen molar-refractivity contribution in [1.29, 1.82) is 0 Å². The van der Waals surface area contributed by atoms with Crippen LogP contribution >= 0.6 is 0 Å². The number of amides is 1. The van der Waals surface area contributed by atoms with Gasteiger partial charge in [-0.1, -0.05) is 5.16 Å². The average molecular weight is 374 g/mol. The third kappa shape index (κ3) is 4.78. The van der Waals surface area contributed by atoms with Crippen molar-refractivity contribution in [3.8, 4) is 5.82 Å². The quantitative estimate of drug-likeness (QED) is 0.754. The molecule has 2 aromatic rings. The highest BCUT2D eigenvalue weighted by molar-refractivity contribution is 5.95. The van der Waals surface area contributed by atoms with Crippen LogP contribution < -0.4 is 5.32 Å². The molecular formula is C20H31N5O2. The van der Waals surface area contributed by atoms with Crippen molar-refractivity contribution in [2.24, 2.45) is 0 Å². The van der Waals surface area contributed by atoms with Gasteiger partial charge < -0.3 is 19.6 Å². The summed E-state index contributed by atoms with van der Waals surface area (Å²) < 4.78 is 7.13. The summed E-state index contributed by atoms with van der Waals surface area (Å²) in [6.45, 7) is 12.2. The van der Waals surface area contributed by atoms with Crippen LogP contribution in [0, 0.1) is 20.8 Å². The minimum atomic E-state index is -0.0193. The molecule has 1 saturated heterocycles. The molecule has 0 aromatic carbocycles. The summed E-state index contributed by atoms with van der Waals surface area (Å²) >= 11 is 0. The van der Waals surface area contributed by atoms with E-state index in [9.17, 15) is 4.79 Å². The lowest BCUT2D eigenvalue weighted by atomic mass is 10.2. The van der Waals surface area contributed by atoms with Gasteiger partial charge in [0.25, 0.3) is 5.91 Å². The largest absolute Gasteiger partial charge is 0.360 e. The summed E-state index contributed by atoms with van der Waals surface area (Å²) in [4.78, 5) is 17.5. The van der Waals surface area contributed by atoms with Gasteiger partial charge in [0.2, 0.25) is 0 Å². The van der Waals surface area contributed by atoms with Gasteiger partial charge in [0.05, 0.1) is 5.56 Å². The molecule has 0 atom stereocenters. The van der Waals surface area contributed by atoms with Crippen LogP contribution in [0.1, 0.15) is 40.3 Å². The Hall–Kier alpha value is -2.12. The standard InChI is InChI=1S/C20H31N5O2/c1-15-13-18(17(3)25(15)19-14-16(2)27-22-19)20(26)21-7-5-6-8-24-11-9-23(4)10-12-24/h13-14H,5-12H2,1-4H3,(H,21,26). The number of rotatable bonds is 7. The summed E-state index contributed by atoms with van der Waals surface area (Å²) in [7, 11) is 2.17. The van der Waals surface area contributed by atoms with Crippen molar-refractivity contribution in [2.45, 2.75) is 33.6 Å².